The number of likely N-dealkylation sites (tertiary alicyclic amines) is 1. The van der Waals surface area contributed by atoms with E-state index in [1.165, 1.54) is 16.7 Å². The average Bonchev–Trinajstić information content (AvgIpc) is 3.42. The number of imide groups is 1. The van der Waals surface area contributed by atoms with Gasteiger partial charge in [0.25, 0.3) is 0 Å². The minimum absolute atomic E-state index is 0.0457. The van der Waals surface area contributed by atoms with E-state index in [1.54, 1.807) is 18.2 Å². The van der Waals surface area contributed by atoms with E-state index in [1.807, 2.05) is 6.92 Å². The number of benzene rings is 1. The van der Waals surface area contributed by atoms with Gasteiger partial charge in [-0.05, 0) is 54.7 Å². The molecule has 5 aliphatic rings. The summed E-state index contributed by atoms with van der Waals surface area (Å²) in [4.78, 5) is 41.4. The maximum atomic E-state index is 13.2. The highest BCUT2D eigenvalue weighted by Crippen LogP contribution is 2.65. The summed E-state index contributed by atoms with van der Waals surface area (Å²) in [5.74, 6) is 0.543. The highest BCUT2D eigenvalue weighted by molar-refractivity contribution is 6.31. The number of hydrogen-bond acceptors (Lipinski definition) is 3. The summed E-state index contributed by atoms with van der Waals surface area (Å²) in [6, 6.07) is 5.32. The number of halogens is 1. The average molecular weight is 385 g/mol. The van der Waals surface area contributed by atoms with Crippen molar-refractivity contribution in [2.24, 2.45) is 35.5 Å². The van der Waals surface area contributed by atoms with Gasteiger partial charge in [-0.25, -0.2) is 0 Å². The van der Waals surface area contributed by atoms with Gasteiger partial charge in [0, 0.05) is 17.6 Å². The van der Waals surface area contributed by atoms with Gasteiger partial charge in [0.2, 0.25) is 17.7 Å². The number of carbonyl (C=O) groups excluding carboxylic acids is 3. The van der Waals surface area contributed by atoms with Crippen molar-refractivity contribution in [2.45, 2.75) is 20.3 Å². The first-order chi connectivity index (χ1) is 12.9. The van der Waals surface area contributed by atoms with Crippen molar-refractivity contribution in [1.29, 1.82) is 0 Å². The maximum Gasteiger partial charge on any atom is 0.235 e. The molecule has 3 fully saturated rings. The molecule has 5 nitrogen and oxygen atoms in total. The lowest BCUT2D eigenvalue weighted by Gasteiger charge is -2.37. The molecule has 1 aliphatic heterocycles. The SMILES string of the molecule is CC(=O)N(CN1C(=O)[C@@H]2[C@@H]3C=C[C@H]([C@H]4C[C@H]34)[C@@H]2C1=O)c1cccc(Cl)c1C. The summed E-state index contributed by atoms with van der Waals surface area (Å²) in [6.45, 7) is 3.23. The Labute approximate surface area is 163 Å². The summed E-state index contributed by atoms with van der Waals surface area (Å²) in [6.07, 6.45) is 5.44. The van der Waals surface area contributed by atoms with Crippen molar-refractivity contribution >= 4 is 35.0 Å². The van der Waals surface area contributed by atoms with Crippen LogP contribution in [-0.4, -0.2) is 29.3 Å². The molecular formula is C21H21ClN2O3. The molecule has 1 saturated heterocycles. The molecule has 6 atom stereocenters. The third kappa shape index (κ3) is 2.27. The number of nitrogens with zero attached hydrogens (tertiary/aromatic N) is 2. The monoisotopic (exact) mass is 384 g/mol. The standard InChI is InChI=1S/C21H21ClN2O3/c1-10-16(22)4-3-5-17(10)23(11(2)25)9-24-20(26)18-12-6-7-13(15-8-14(12)15)19(18)21(24)27/h3-7,12-15,18-19H,8-9H2,1-2H3/t12-,13-,14-,15-,18-,19+/m1/s1. The Morgan fingerprint density at radius 2 is 1.74 bits per heavy atom. The molecule has 0 unspecified atom stereocenters. The lowest BCUT2D eigenvalue weighted by molar-refractivity contribution is -0.140. The summed E-state index contributed by atoms with van der Waals surface area (Å²) in [5.41, 5.74) is 1.39. The fourth-order valence-electron chi connectivity index (χ4n) is 5.53. The zero-order valence-electron chi connectivity index (χ0n) is 15.3. The summed E-state index contributed by atoms with van der Waals surface area (Å²) < 4.78 is 0. The number of carbonyl (C=O) groups is 3. The number of amides is 3. The highest BCUT2D eigenvalue weighted by Gasteiger charge is 2.67. The fraction of sp³-hybridized carbons (Fsp3) is 0.476. The van der Waals surface area contributed by atoms with Crippen LogP contribution >= 0.6 is 11.6 Å². The Morgan fingerprint density at radius 1 is 1.15 bits per heavy atom. The first kappa shape index (κ1) is 17.0. The van der Waals surface area contributed by atoms with E-state index in [2.05, 4.69) is 12.2 Å². The quantitative estimate of drug-likeness (QED) is 0.594. The Balaban J connectivity index is 1.47. The number of allylic oxidation sites excluding steroid dienone is 2. The zero-order chi connectivity index (χ0) is 19.0. The molecule has 1 aromatic rings. The largest absolute Gasteiger partial charge is 0.294 e. The smallest absolute Gasteiger partial charge is 0.235 e. The summed E-state index contributed by atoms with van der Waals surface area (Å²) in [5, 5.41) is 0.550. The molecule has 2 bridgehead atoms. The number of hydrogen-bond donors (Lipinski definition) is 0. The van der Waals surface area contributed by atoms with Crippen molar-refractivity contribution < 1.29 is 14.4 Å². The Morgan fingerprint density at radius 3 is 2.30 bits per heavy atom. The predicted octanol–water partition coefficient (Wildman–Crippen LogP) is 3.01. The molecule has 6 heteroatoms. The lowest BCUT2D eigenvalue weighted by Crippen LogP contribution is -2.44. The molecule has 27 heavy (non-hydrogen) atoms. The van der Waals surface area contributed by atoms with Crippen LogP contribution in [0.1, 0.15) is 18.9 Å². The van der Waals surface area contributed by atoms with E-state index >= 15 is 0 Å². The first-order valence-electron chi connectivity index (χ1n) is 9.47. The number of rotatable bonds is 3. The second-order valence-corrected chi connectivity index (χ2v) is 8.64. The van der Waals surface area contributed by atoms with Crippen LogP contribution < -0.4 is 4.90 Å². The topological polar surface area (TPSA) is 57.7 Å². The molecule has 140 valence electrons. The van der Waals surface area contributed by atoms with E-state index in [0.29, 0.717) is 22.5 Å². The van der Waals surface area contributed by atoms with Crippen LogP contribution in [0.25, 0.3) is 0 Å². The second-order valence-electron chi connectivity index (χ2n) is 8.23. The van der Waals surface area contributed by atoms with E-state index in [4.69, 9.17) is 11.6 Å². The van der Waals surface area contributed by atoms with E-state index in [-0.39, 0.29) is 48.1 Å². The highest BCUT2D eigenvalue weighted by atomic mass is 35.5. The Bertz CT molecular complexity index is 875. The van der Waals surface area contributed by atoms with Crippen LogP contribution in [0, 0.1) is 42.4 Å². The summed E-state index contributed by atoms with van der Waals surface area (Å²) >= 11 is 6.21. The van der Waals surface area contributed by atoms with Crippen LogP contribution in [0.3, 0.4) is 0 Å². The van der Waals surface area contributed by atoms with Gasteiger partial charge in [-0.15, -0.1) is 0 Å². The Kier molecular flexibility index (Phi) is 3.57. The van der Waals surface area contributed by atoms with Crippen LogP contribution in [0.15, 0.2) is 30.4 Å². The van der Waals surface area contributed by atoms with Gasteiger partial charge in [0.15, 0.2) is 0 Å². The normalized spacial score (nSPS) is 35.3. The lowest BCUT2D eigenvalue weighted by atomic mass is 9.63. The molecule has 1 aromatic carbocycles. The van der Waals surface area contributed by atoms with Crippen LogP contribution in [0.5, 0.6) is 0 Å². The maximum absolute atomic E-state index is 13.2. The molecular weight excluding hydrogens is 364 g/mol. The van der Waals surface area contributed by atoms with Gasteiger partial charge in [-0.2, -0.15) is 0 Å². The summed E-state index contributed by atoms with van der Waals surface area (Å²) in [7, 11) is 0. The third-order valence-electron chi connectivity index (χ3n) is 6.95. The van der Waals surface area contributed by atoms with Crippen molar-refractivity contribution in [3.05, 3.63) is 40.9 Å². The first-order valence-corrected chi connectivity index (χ1v) is 9.84. The molecule has 4 aliphatic carbocycles. The molecule has 0 aromatic heterocycles. The van der Waals surface area contributed by atoms with Gasteiger partial charge >= 0.3 is 0 Å². The third-order valence-corrected chi connectivity index (χ3v) is 7.36. The minimum atomic E-state index is -0.245. The molecule has 1 heterocycles. The molecule has 0 spiro atoms. The second kappa shape index (κ2) is 5.68. The van der Waals surface area contributed by atoms with Gasteiger partial charge in [-0.1, -0.05) is 29.8 Å². The predicted molar refractivity (Wildman–Crippen MR) is 101 cm³/mol. The van der Waals surface area contributed by atoms with Gasteiger partial charge in [0.1, 0.15) is 6.67 Å². The van der Waals surface area contributed by atoms with Gasteiger partial charge in [-0.3, -0.25) is 24.2 Å². The molecule has 6 rings (SSSR count). The van der Waals surface area contributed by atoms with E-state index < -0.39 is 0 Å². The Hall–Kier alpha value is -2.14. The van der Waals surface area contributed by atoms with E-state index in [9.17, 15) is 14.4 Å². The fourth-order valence-corrected chi connectivity index (χ4v) is 5.70. The van der Waals surface area contributed by atoms with Crippen LogP contribution in [0.4, 0.5) is 5.69 Å². The van der Waals surface area contributed by atoms with Crippen molar-refractivity contribution in [3.8, 4) is 0 Å². The molecule has 0 N–H and O–H groups in total. The van der Waals surface area contributed by atoms with Crippen LogP contribution in [0.2, 0.25) is 5.02 Å². The van der Waals surface area contributed by atoms with E-state index in [0.717, 1.165) is 12.0 Å². The molecule has 0 radical (unpaired) electrons. The van der Waals surface area contributed by atoms with Crippen LogP contribution in [-0.2, 0) is 14.4 Å². The van der Waals surface area contributed by atoms with Crippen molar-refractivity contribution in [3.63, 3.8) is 0 Å². The van der Waals surface area contributed by atoms with Gasteiger partial charge in [0.05, 0.1) is 11.8 Å². The number of anilines is 1. The van der Waals surface area contributed by atoms with Crippen molar-refractivity contribution in [2.75, 3.05) is 11.6 Å². The van der Waals surface area contributed by atoms with Crippen molar-refractivity contribution in [1.82, 2.24) is 4.90 Å². The molecule has 3 amide bonds. The zero-order valence-corrected chi connectivity index (χ0v) is 16.0. The molecule has 2 saturated carbocycles. The van der Waals surface area contributed by atoms with Gasteiger partial charge < -0.3 is 0 Å². The minimum Gasteiger partial charge on any atom is -0.294 e.